The van der Waals surface area contributed by atoms with Gasteiger partial charge in [0.1, 0.15) is 0 Å². The van der Waals surface area contributed by atoms with Crippen LogP contribution in [-0.2, 0) is 13.1 Å². The van der Waals surface area contributed by atoms with Gasteiger partial charge in [-0.3, -0.25) is 10.1 Å². The van der Waals surface area contributed by atoms with Crippen LogP contribution in [0.2, 0.25) is 0 Å². The normalized spacial score (nSPS) is 13.4. The summed E-state index contributed by atoms with van der Waals surface area (Å²) in [5.41, 5.74) is 3.11. The standard InChI is InChI=1S/C12H12N4O/c17-11(16-12-14-3-4-15-12)8-1-2-9-6-13-7-10(9)5-8/h1-5,13H,6-7H2,(H2,14,15,16,17). The number of benzene rings is 1. The molecule has 86 valence electrons. The summed E-state index contributed by atoms with van der Waals surface area (Å²) in [6.45, 7) is 1.71. The van der Waals surface area contributed by atoms with Crippen LogP contribution >= 0.6 is 0 Å². The van der Waals surface area contributed by atoms with Crippen LogP contribution in [0.25, 0.3) is 0 Å². The van der Waals surface area contributed by atoms with Crippen LogP contribution in [0.5, 0.6) is 0 Å². The summed E-state index contributed by atoms with van der Waals surface area (Å²) < 4.78 is 0. The maximum atomic E-state index is 11.9. The topological polar surface area (TPSA) is 69.8 Å². The molecule has 0 saturated carbocycles. The largest absolute Gasteiger partial charge is 0.331 e. The number of imidazole rings is 1. The molecule has 2 aromatic rings. The van der Waals surface area contributed by atoms with E-state index >= 15 is 0 Å². The number of amides is 1. The SMILES string of the molecule is O=C(Nc1ncc[nH]1)c1ccc2c(c1)CNC2. The summed E-state index contributed by atoms with van der Waals surface area (Å²) in [7, 11) is 0. The fourth-order valence-electron chi connectivity index (χ4n) is 1.95. The Morgan fingerprint density at radius 3 is 3.00 bits per heavy atom. The number of fused-ring (bicyclic) bond motifs is 1. The second-order valence-electron chi connectivity index (χ2n) is 3.98. The summed E-state index contributed by atoms with van der Waals surface area (Å²) in [5.74, 6) is 0.322. The summed E-state index contributed by atoms with van der Waals surface area (Å²) in [5, 5.41) is 5.95. The zero-order valence-corrected chi connectivity index (χ0v) is 9.16. The zero-order chi connectivity index (χ0) is 11.7. The molecular weight excluding hydrogens is 216 g/mol. The molecule has 0 atom stereocenters. The highest BCUT2D eigenvalue weighted by Crippen LogP contribution is 2.17. The number of hydrogen-bond donors (Lipinski definition) is 3. The lowest BCUT2D eigenvalue weighted by molar-refractivity contribution is 0.102. The van der Waals surface area contributed by atoms with Gasteiger partial charge in [-0.2, -0.15) is 0 Å². The van der Waals surface area contributed by atoms with E-state index < -0.39 is 0 Å². The first kappa shape index (κ1) is 10.0. The summed E-state index contributed by atoms with van der Waals surface area (Å²) in [6.07, 6.45) is 3.27. The zero-order valence-electron chi connectivity index (χ0n) is 9.16. The highest BCUT2D eigenvalue weighted by atomic mass is 16.1. The second-order valence-corrected chi connectivity index (χ2v) is 3.98. The fourth-order valence-corrected chi connectivity index (χ4v) is 1.95. The van der Waals surface area contributed by atoms with Gasteiger partial charge >= 0.3 is 0 Å². The van der Waals surface area contributed by atoms with Gasteiger partial charge in [0.05, 0.1) is 0 Å². The fraction of sp³-hybridized carbons (Fsp3) is 0.167. The summed E-state index contributed by atoms with van der Waals surface area (Å²) >= 11 is 0. The second kappa shape index (κ2) is 4.03. The van der Waals surface area contributed by atoms with Crippen LogP contribution in [-0.4, -0.2) is 15.9 Å². The quantitative estimate of drug-likeness (QED) is 0.724. The maximum Gasteiger partial charge on any atom is 0.257 e. The Balaban J connectivity index is 1.82. The van der Waals surface area contributed by atoms with Crippen molar-refractivity contribution >= 4 is 11.9 Å². The number of H-pyrrole nitrogens is 1. The highest BCUT2D eigenvalue weighted by molar-refractivity contribution is 6.03. The Bertz CT molecular complexity index is 548. The van der Waals surface area contributed by atoms with E-state index in [1.165, 1.54) is 11.1 Å². The van der Waals surface area contributed by atoms with Crippen molar-refractivity contribution in [3.05, 3.63) is 47.3 Å². The van der Waals surface area contributed by atoms with E-state index in [1.807, 2.05) is 18.2 Å². The number of nitrogens with zero attached hydrogens (tertiary/aromatic N) is 1. The molecule has 5 nitrogen and oxygen atoms in total. The number of nitrogens with one attached hydrogen (secondary N) is 3. The molecular formula is C12H12N4O. The van der Waals surface area contributed by atoms with Crippen molar-refractivity contribution in [2.75, 3.05) is 5.32 Å². The first-order valence-corrected chi connectivity index (χ1v) is 5.46. The van der Waals surface area contributed by atoms with Crippen molar-refractivity contribution in [1.29, 1.82) is 0 Å². The summed E-state index contributed by atoms with van der Waals surface area (Å²) in [4.78, 5) is 18.7. The van der Waals surface area contributed by atoms with Crippen LogP contribution in [0.3, 0.4) is 0 Å². The van der Waals surface area contributed by atoms with Gasteiger partial charge in [0.25, 0.3) is 5.91 Å². The lowest BCUT2D eigenvalue weighted by Crippen LogP contribution is -2.13. The molecule has 1 aliphatic heterocycles. The molecule has 1 aromatic heterocycles. The molecule has 1 aromatic carbocycles. The minimum Gasteiger partial charge on any atom is -0.331 e. The smallest absolute Gasteiger partial charge is 0.257 e. The lowest BCUT2D eigenvalue weighted by Gasteiger charge is -2.04. The van der Waals surface area contributed by atoms with Gasteiger partial charge in [-0.05, 0) is 23.3 Å². The highest BCUT2D eigenvalue weighted by Gasteiger charge is 2.13. The number of rotatable bonds is 2. The van der Waals surface area contributed by atoms with E-state index in [2.05, 4.69) is 20.6 Å². The van der Waals surface area contributed by atoms with Crippen molar-refractivity contribution in [2.45, 2.75) is 13.1 Å². The third-order valence-electron chi connectivity index (χ3n) is 2.83. The number of hydrogen-bond acceptors (Lipinski definition) is 3. The van der Waals surface area contributed by atoms with Crippen molar-refractivity contribution in [1.82, 2.24) is 15.3 Å². The molecule has 0 bridgehead atoms. The van der Waals surface area contributed by atoms with Crippen LogP contribution < -0.4 is 10.6 Å². The Morgan fingerprint density at radius 1 is 1.29 bits per heavy atom. The molecule has 3 N–H and O–H groups in total. The molecule has 3 rings (SSSR count). The number of anilines is 1. The number of carbonyl (C=O) groups excluding carboxylic acids is 1. The van der Waals surface area contributed by atoms with Crippen molar-refractivity contribution in [3.8, 4) is 0 Å². The van der Waals surface area contributed by atoms with E-state index in [-0.39, 0.29) is 5.91 Å². The predicted molar refractivity (Wildman–Crippen MR) is 63.5 cm³/mol. The third-order valence-corrected chi connectivity index (χ3v) is 2.83. The number of aromatic nitrogens is 2. The molecule has 0 radical (unpaired) electrons. The predicted octanol–water partition coefficient (Wildman–Crippen LogP) is 1.27. The van der Waals surface area contributed by atoms with E-state index in [9.17, 15) is 4.79 Å². The van der Waals surface area contributed by atoms with Crippen LogP contribution in [0, 0.1) is 0 Å². The van der Waals surface area contributed by atoms with Crippen molar-refractivity contribution in [3.63, 3.8) is 0 Å². The van der Waals surface area contributed by atoms with Gasteiger partial charge in [-0.1, -0.05) is 6.07 Å². The van der Waals surface area contributed by atoms with Crippen molar-refractivity contribution < 1.29 is 4.79 Å². The molecule has 1 amide bonds. The molecule has 0 unspecified atom stereocenters. The number of carbonyl (C=O) groups is 1. The Kier molecular flexibility index (Phi) is 2.38. The molecule has 0 aliphatic carbocycles. The van der Waals surface area contributed by atoms with Gasteiger partial charge in [-0.15, -0.1) is 0 Å². The molecule has 17 heavy (non-hydrogen) atoms. The van der Waals surface area contributed by atoms with Crippen LogP contribution in [0.4, 0.5) is 5.95 Å². The average molecular weight is 228 g/mol. The Hall–Kier alpha value is -2.14. The van der Waals surface area contributed by atoms with Crippen LogP contribution in [0.15, 0.2) is 30.6 Å². The number of aromatic amines is 1. The van der Waals surface area contributed by atoms with Gasteiger partial charge < -0.3 is 10.3 Å². The van der Waals surface area contributed by atoms with Gasteiger partial charge in [0.2, 0.25) is 5.95 Å². The Morgan fingerprint density at radius 2 is 2.18 bits per heavy atom. The molecule has 5 heteroatoms. The van der Waals surface area contributed by atoms with E-state index in [4.69, 9.17) is 0 Å². The minimum absolute atomic E-state index is 0.144. The lowest BCUT2D eigenvalue weighted by atomic mass is 10.1. The third kappa shape index (κ3) is 1.92. The molecule has 0 spiro atoms. The monoisotopic (exact) mass is 228 g/mol. The van der Waals surface area contributed by atoms with E-state index in [1.54, 1.807) is 12.4 Å². The minimum atomic E-state index is -0.144. The van der Waals surface area contributed by atoms with Gasteiger partial charge in [0.15, 0.2) is 0 Å². The Labute approximate surface area is 98.3 Å². The first-order chi connectivity index (χ1) is 8.33. The van der Waals surface area contributed by atoms with Gasteiger partial charge in [-0.25, -0.2) is 4.98 Å². The molecule has 0 fully saturated rings. The first-order valence-electron chi connectivity index (χ1n) is 5.46. The average Bonchev–Trinajstić information content (AvgIpc) is 2.97. The molecule has 1 aliphatic rings. The van der Waals surface area contributed by atoms with Gasteiger partial charge in [0, 0.05) is 31.0 Å². The summed E-state index contributed by atoms with van der Waals surface area (Å²) in [6, 6.07) is 5.75. The van der Waals surface area contributed by atoms with Crippen LogP contribution in [0.1, 0.15) is 21.5 Å². The van der Waals surface area contributed by atoms with E-state index in [0.717, 1.165) is 13.1 Å². The van der Waals surface area contributed by atoms with E-state index in [0.29, 0.717) is 11.5 Å². The molecule has 0 saturated heterocycles. The maximum absolute atomic E-state index is 11.9. The van der Waals surface area contributed by atoms with Crippen molar-refractivity contribution in [2.24, 2.45) is 0 Å². The molecule has 2 heterocycles.